The molecular weight excluding hydrogens is 434 g/mol. The van der Waals surface area contributed by atoms with Crippen molar-refractivity contribution in [2.24, 2.45) is 7.05 Å². The largest absolute Gasteiger partial charge is 0.355 e. The highest BCUT2D eigenvalue weighted by Crippen LogP contribution is 2.46. The van der Waals surface area contributed by atoms with Crippen LogP contribution in [0.15, 0.2) is 72.8 Å². The molecule has 1 aliphatic rings. The summed E-state index contributed by atoms with van der Waals surface area (Å²) in [7, 11) is 2.07. The van der Waals surface area contributed by atoms with Crippen LogP contribution in [0.5, 0.6) is 0 Å². The lowest BCUT2D eigenvalue weighted by Crippen LogP contribution is -2.40. The Morgan fingerprint density at radius 3 is 2.46 bits per heavy atom. The Bertz CT molecular complexity index is 1400. The fourth-order valence-electron chi connectivity index (χ4n) is 5.22. The monoisotopic (exact) mass is 465 g/mol. The molecule has 0 saturated heterocycles. The highest BCUT2D eigenvalue weighted by molar-refractivity contribution is 6.03. The molecule has 178 valence electrons. The van der Waals surface area contributed by atoms with Gasteiger partial charge >= 0.3 is 0 Å². The maximum absolute atomic E-state index is 13.6. The number of nitrogens with one attached hydrogen (secondary N) is 1. The SMILES string of the molecule is CCCCNC(=O)CN1C(=O)c2ccccc2[C@H]1c1c(-c2ccc(C)cc2)n(C)c2ccccc12. The lowest BCUT2D eigenvalue weighted by Gasteiger charge is -2.26. The van der Waals surface area contributed by atoms with Gasteiger partial charge in [-0.1, -0.05) is 79.6 Å². The minimum absolute atomic E-state index is 0.0262. The fourth-order valence-corrected chi connectivity index (χ4v) is 5.22. The average Bonchev–Trinajstić information content (AvgIpc) is 3.31. The second-order valence-electron chi connectivity index (χ2n) is 9.33. The van der Waals surface area contributed by atoms with Crippen molar-refractivity contribution in [3.8, 4) is 11.3 Å². The quantitative estimate of drug-likeness (QED) is 0.361. The molecule has 5 rings (SSSR count). The van der Waals surface area contributed by atoms with Gasteiger partial charge in [0.1, 0.15) is 6.54 Å². The van der Waals surface area contributed by atoms with E-state index in [1.165, 1.54) is 5.56 Å². The van der Waals surface area contributed by atoms with E-state index in [1.54, 1.807) is 4.90 Å². The van der Waals surface area contributed by atoms with Crippen LogP contribution in [-0.4, -0.2) is 34.4 Å². The van der Waals surface area contributed by atoms with Crippen LogP contribution in [0.3, 0.4) is 0 Å². The second kappa shape index (κ2) is 9.41. The summed E-state index contributed by atoms with van der Waals surface area (Å²) in [5.41, 5.74) is 7.13. The van der Waals surface area contributed by atoms with E-state index in [-0.39, 0.29) is 24.4 Å². The van der Waals surface area contributed by atoms with E-state index in [0.717, 1.165) is 46.1 Å². The number of fused-ring (bicyclic) bond motifs is 2. The maximum Gasteiger partial charge on any atom is 0.255 e. The zero-order chi connectivity index (χ0) is 24.5. The summed E-state index contributed by atoms with van der Waals surface area (Å²) in [5, 5.41) is 4.08. The van der Waals surface area contributed by atoms with Gasteiger partial charge in [0.15, 0.2) is 0 Å². The van der Waals surface area contributed by atoms with Crippen molar-refractivity contribution < 1.29 is 9.59 Å². The molecule has 1 N–H and O–H groups in total. The first kappa shape index (κ1) is 22.9. The van der Waals surface area contributed by atoms with E-state index in [1.807, 2.05) is 36.4 Å². The molecule has 35 heavy (non-hydrogen) atoms. The molecule has 0 fully saturated rings. The predicted octanol–water partition coefficient (Wildman–Crippen LogP) is 5.62. The molecule has 5 nitrogen and oxygen atoms in total. The van der Waals surface area contributed by atoms with Crippen molar-refractivity contribution in [2.45, 2.75) is 32.7 Å². The van der Waals surface area contributed by atoms with Gasteiger partial charge in [0.25, 0.3) is 5.91 Å². The number of aryl methyl sites for hydroxylation is 2. The minimum atomic E-state index is -0.349. The molecule has 0 aliphatic carbocycles. The highest BCUT2D eigenvalue weighted by atomic mass is 16.2. The molecule has 0 bridgehead atoms. The van der Waals surface area contributed by atoms with Gasteiger partial charge in [-0.05, 0) is 36.6 Å². The topological polar surface area (TPSA) is 54.3 Å². The first-order chi connectivity index (χ1) is 17.0. The summed E-state index contributed by atoms with van der Waals surface area (Å²) >= 11 is 0. The molecule has 0 radical (unpaired) electrons. The standard InChI is InChI=1S/C30H31N3O2/c1-4-5-18-31-26(34)19-33-29(22-10-6-7-11-23(22)30(33)35)27-24-12-8-9-13-25(24)32(3)28(27)21-16-14-20(2)15-17-21/h6-17,29H,4-5,18-19H2,1-3H3,(H,31,34)/t29-/m0/s1. The van der Waals surface area contributed by atoms with Crippen LogP contribution < -0.4 is 5.32 Å². The van der Waals surface area contributed by atoms with Gasteiger partial charge in [0.2, 0.25) is 5.91 Å². The van der Waals surface area contributed by atoms with Crippen molar-refractivity contribution in [1.29, 1.82) is 0 Å². The Kier molecular flexibility index (Phi) is 6.16. The molecule has 2 amide bonds. The zero-order valence-electron chi connectivity index (χ0n) is 20.5. The molecule has 0 saturated carbocycles. The maximum atomic E-state index is 13.6. The summed E-state index contributed by atoms with van der Waals surface area (Å²) in [6.07, 6.45) is 1.93. The second-order valence-corrected chi connectivity index (χ2v) is 9.33. The number of para-hydroxylation sites is 1. The Morgan fingerprint density at radius 1 is 0.971 bits per heavy atom. The molecule has 0 spiro atoms. The summed E-state index contributed by atoms with van der Waals surface area (Å²) in [6, 6.07) is 24.2. The first-order valence-electron chi connectivity index (χ1n) is 12.3. The third-order valence-electron chi connectivity index (χ3n) is 6.97. The summed E-state index contributed by atoms with van der Waals surface area (Å²) < 4.78 is 2.21. The summed E-state index contributed by atoms with van der Waals surface area (Å²) in [4.78, 5) is 28.3. The van der Waals surface area contributed by atoms with Crippen LogP contribution in [0.4, 0.5) is 0 Å². The van der Waals surface area contributed by atoms with Crippen LogP contribution in [0.25, 0.3) is 22.2 Å². The van der Waals surface area contributed by atoms with E-state index in [4.69, 9.17) is 0 Å². The Hall–Kier alpha value is -3.86. The van der Waals surface area contributed by atoms with Crippen LogP contribution in [0.1, 0.15) is 52.9 Å². The van der Waals surface area contributed by atoms with Gasteiger partial charge in [0.05, 0.1) is 11.7 Å². The lowest BCUT2D eigenvalue weighted by atomic mass is 9.93. The Labute approximate surface area is 206 Å². The van der Waals surface area contributed by atoms with Crippen LogP contribution >= 0.6 is 0 Å². The number of hydrogen-bond acceptors (Lipinski definition) is 2. The van der Waals surface area contributed by atoms with Crippen molar-refractivity contribution in [3.05, 3.63) is 95.1 Å². The van der Waals surface area contributed by atoms with E-state index in [0.29, 0.717) is 12.1 Å². The van der Waals surface area contributed by atoms with Gasteiger partial charge in [-0.15, -0.1) is 0 Å². The van der Waals surface area contributed by atoms with Gasteiger partial charge < -0.3 is 14.8 Å². The third-order valence-corrected chi connectivity index (χ3v) is 6.97. The average molecular weight is 466 g/mol. The molecule has 3 aromatic carbocycles. The van der Waals surface area contributed by atoms with E-state index >= 15 is 0 Å². The number of nitrogens with zero attached hydrogens (tertiary/aromatic N) is 2. The summed E-state index contributed by atoms with van der Waals surface area (Å²) in [6.45, 7) is 4.82. The van der Waals surface area contributed by atoms with Crippen LogP contribution in [0.2, 0.25) is 0 Å². The molecule has 2 heterocycles. The van der Waals surface area contributed by atoms with Crippen LogP contribution in [-0.2, 0) is 11.8 Å². The van der Waals surface area contributed by atoms with Gasteiger partial charge in [-0.25, -0.2) is 0 Å². The Morgan fingerprint density at radius 2 is 1.69 bits per heavy atom. The molecule has 1 aliphatic heterocycles. The van der Waals surface area contributed by atoms with E-state index < -0.39 is 0 Å². The number of unbranched alkanes of at least 4 members (excludes halogenated alkanes) is 1. The lowest BCUT2D eigenvalue weighted by molar-refractivity contribution is -0.122. The molecule has 0 unspecified atom stereocenters. The molecule has 1 atom stereocenters. The predicted molar refractivity (Wildman–Crippen MR) is 140 cm³/mol. The van der Waals surface area contributed by atoms with Crippen molar-refractivity contribution >= 4 is 22.7 Å². The molecule has 1 aromatic heterocycles. The van der Waals surface area contributed by atoms with E-state index in [2.05, 4.69) is 67.2 Å². The normalized spacial score (nSPS) is 15.0. The van der Waals surface area contributed by atoms with Gasteiger partial charge in [-0.3, -0.25) is 9.59 Å². The highest BCUT2D eigenvalue weighted by Gasteiger charge is 2.41. The third kappa shape index (κ3) is 4.01. The van der Waals surface area contributed by atoms with E-state index in [9.17, 15) is 9.59 Å². The number of carbonyl (C=O) groups is 2. The van der Waals surface area contributed by atoms with Crippen molar-refractivity contribution in [2.75, 3.05) is 13.1 Å². The fraction of sp³-hybridized carbons (Fsp3) is 0.267. The number of hydrogen-bond donors (Lipinski definition) is 1. The number of amides is 2. The zero-order valence-corrected chi connectivity index (χ0v) is 20.5. The molecule has 4 aromatic rings. The first-order valence-corrected chi connectivity index (χ1v) is 12.3. The summed E-state index contributed by atoms with van der Waals surface area (Å²) in [5.74, 6) is -0.222. The molecule has 5 heteroatoms. The number of benzene rings is 3. The van der Waals surface area contributed by atoms with Crippen molar-refractivity contribution in [1.82, 2.24) is 14.8 Å². The van der Waals surface area contributed by atoms with Gasteiger partial charge in [0, 0.05) is 35.6 Å². The van der Waals surface area contributed by atoms with Crippen molar-refractivity contribution in [3.63, 3.8) is 0 Å². The van der Waals surface area contributed by atoms with Gasteiger partial charge in [-0.2, -0.15) is 0 Å². The minimum Gasteiger partial charge on any atom is -0.355 e. The number of aromatic nitrogens is 1. The number of carbonyl (C=O) groups excluding carboxylic acids is 2. The molecular formula is C30H31N3O2. The van der Waals surface area contributed by atoms with Crippen LogP contribution in [0, 0.1) is 6.92 Å². The number of rotatable bonds is 7. The smallest absolute Gasteiger partial charge is 0.255 e. The Balaban J connectivity index is 1.70.